The zero-order valence-corrected chi connectivity index (χ0v) is 9.06. The number of ether oxygens (including phenoxy) is 1. The third-order valence-electron chi connectivity index (χ3n) is 2.09. The number of carbonyl (C=O) groups is 1. The molecule has 6 heteroatoms. The molecule has 18 heavy (non-hydrogen) atoms. The van der Waals surface area contributed by atoms with Crippen LogP contribution in [0.2, 0.25) is 0 Å². The average Bonchev–Trinajstić information content (AvgIpc) is 2.35. The largest absolute Gasteiger partial charge is 0.434 e. The number of nitrogens with zero attached hydrogens (tertiary/aromatic N) is 1. The topological polar surface area (TPSA) is 51.2 Å². The molecular formula is C12H8F2N2O2. The summed E-state index contributed by atoms with van der Waals surface area (Å²) in [7, 11) is 0. The summed E-state index contributed by atoms with van der Waals surface area (Å²) >= 11 is 0. The molecule has 0 fully saturated rings. The van der Waals surface area contributed by atoms with E-state index < -0.39 is 11.6 Å². The number of aromatic nitrogens is 1. The van der Waals surface area contributed by atoms with Gasteiger partial charge in [0.25, 0.3) is 0 Å². The van der Waals surface area contributed by atoms with Crippen molar-refractivity contribution in [2.45, 2.75) is 0 Å². The van der Waals surface area contributed by atoms with Crippen molar-refractivity contribution in [3.05, 3.63) is 48.2 Å². The number of amides is 1. The highest BCUT2D eigenvalue weighted by Gasteiger charge is 2.10. The normalized spacial score (nSPS) is 9.89. The van der Waals surface area contributed by atoms with E-state index in [1.54, 1.807) is 6.07 Å². The molecule has 0 aliphatic heterocycles. The lowest BCUT2D eigenvalue weighted by Gasteiger charge is -2.09. The van der Waals surface area contributed by atoms with Gasteiger partial charge in [0.15, 0.2) is 11.6 Å². The lowest BCUT2D eigenvalue weighted by atomic mass is 10.3. The van der Waals surface area contributed by atoms with Crippen LogP contribution >= 0.6 is 0 Å². The van der Waals surface area contributed by atoms with Crippen LogP contribution in [0.25, 0.3) is 0 Å². The Balaban J connectivity index is 2.30. The number of benzene rings is 1. The summed E-state index contributed by atoms with van der Waals surface area (Å²) < 4.78 is 31.3. The summed E-state index contributed by atoms with van der Waals surface area (Å²) in [4.78, 5) is 14.2. The van der Waals surface area contributed by atoms with Crippen LogP contribution in [0.5, 0.6) is 11.6 Å². The summed E-state index contributed by atoms with van der Waals surface area (Å²) in [5.74, 6) is -1.70. The van der Waals surface area contributed by atoms with Crippen molar-refractivity contribution in [3.63, 3.8) is 0 Å². The molecule has 0 aliphatic rings. The van der Waals surface area contributed by atoms with Gasteiger partial charge in [0.05, 0.1) is 0 Å². The van der Waals surface area contributed by atoms with Crippen LogP contribution in [-0.2, 0) is 4.79 Å². The predicted molar refractivity (Wildman–Crippen MR) is 60.4 cm³/mol. The second-order valence-corrected chi connectivity index (χ2v) is 3.30. The number of anilines is 1. The maximum Gasteiger partial charge on any atom is 0.243 e. The summed E-state index contributed by atoms with van der Waals surface area (Å²) in [5, 5.41) is 2.36. The second-order valence-electron chi connectivity index (χ2n) is 3.30. The van der Waals surface area contributed by atoms with E-state index in [9.17, 15) is 13.6 Å². The summed E-state index contributed by atoms with van der Waals surface area (Å²) in [6.07, 6.45) is 1.87. The van der Waals surface area contributed by atoms with E-state index in [2.05, 4.69) is 10.3 Å². The van der Waals surface area contributed by atoms with Crippen molar-refractivity contribution in [1.29, 1.82) is 0 Å². The molecule has 0 radical (unpaired) electrons. The Kier molecular flexibility index (Phi) is 3.47. The molecule has 1 aromatic carbocycles. The van der Waals surface area contributed by atoms with Crippen molar-refractivity contribution in [3.8, 4) is 11.6 Å². The van der Waals surface area contributed by atoms with E-state index in [0.717, 1.165) is 12.1 Å². The molecule has 1 N–H and O–H groups in total. The summed E-state index contributed by atoms with van der Waals surface area (Å²) in [6.45, 7) is 0. The minimum Gasteiger partial charge on any atom is -0.434 e. The van der Waals surface area contributed by atoms with Gasteiger partial charge in [-0.05, 0) is 24.3 Å². The lowest BCUT2D eigenvalue weighted by molar-refractivity contribution is -0.105. The van der Waals surface area contributed by atoms with Gasteiger partial charge in [-0.25, -0.2) is 13.8 Å². The highest BCUT2D eigenvalue weighted by molar-refractivity contribution is 5.74. The Hall–Kier alpha value is -2.50. The van der Waals surface area contributed by atoms with E-state index in [1.165, 1.54) is 12.3 Å². The molecular weight excluding hydrogens is 242 g/mol. The molecule has 0 saturated carbocycles. The quantitative estimate of drug-likeness (QED) is 0.849. The number of hydrogen-bond acceptors (Lipinski definition) is 3. The average molecular weight is 250 g/mol. The van der Waals surface area contributed by atoms with Crippen LogP contribution in [-0.4, -0.2) is 11.4 Å². The van der Waals surface area contributed by atoms with Crippen LogP contribution in [0.1, 0.15) is 0 Å². The number of carbonyl (C=O) groups excluding carboxylic acids is 1. The molecule has 92 valence electrons. The van der Waals surface area contributed by atoms with Crippen LogP contribution < -0.4 is 10.1 Å². The van der Waals surface area contributed by atoms with Gasteiger partial charge in [0.1, 0.15) is 11.5 Å². The zero-order chi connectivity index (χ0) is 13.0. The fraction of sp³-hybridized carbons (Fsp3) is 0. The molecule has 0 unspecified atom stereocenters. The van der Waals surface area contributed by atoms with E-state index in [-0.39, 0.29) is 17.3 Å². The van der Waals surface area contributed by atoms with Gasteiger partial charge < -0.3 is 10.1 Å². The van der Waals surface area contributed by atoms with Crippen LogP contribution in [0.4, 0.5) is 14.5 Å². The molecule has 2 aromatic rings. The molecule has 0 aliphatic carbocycles. The van der Waals surface area contributed by atoms with Gasteiger partial charge in [-0.15, -0.1) is 0 Å². The maximum atomic E-state index is 13.4. The number of nitrogens with one attached hydrogen (secondary N) is 1. The first-order valence-corrected chi connectivity index (χ1v) is 4.99. The number of hydrogen-bond donors (Lipinski definition) is 1. The number of pyridine rings is 1. The molecule has 1 heterocycles. The Labute approximate surface area is 101 Å². The van der Waals surface area contributed by atoms with Crippen molar-refractivity contribution >= 4 is 12.1 Å². The predicted octanol–water partition coefficient (Wildman–Crippen LogP) is 2.72. The van der Waals surface area contributed by atoms with Gasteiger partial charge in [-0.1, -0.05) is 0 Å². The van der Waals surface area contributed by atoms with Crippen LogP contribution in [0.3, 0.4) is 0 Å². The van der Waals surface area contributed by atoms with Gasteiger partial charge in [0, 0.05) is 12.3 Å². The molecule has 4 nitrogen and oxygen atoms in total. The third-order valence-corrected chi connectivity index (χ3v) is 2.09. The van der Waals surface area contributed by atoms with E-state index in [0.29, 0.717) is 12.5 Å². The fourth-order valence-electron chi connectivity index (χ4n) is 1.31. The Bertz CT molecular complexity index is 576. The lowest BCUT2D eigenvalue weighted by Crippen LogP contribution is -1.99. The molecule has 0 atom stereocenters. The zero-order valence-electron chi connectivity index (χ0n) is 9.06. The smallest absolute Gasteiger partial charge is 0.243 e. The SMILES string of the molecule is O=CNc1cccnc1Oc1ccc(F)cc1F. The van der Waals surface area contributed by atoms with Crippen molar-refractivity contribution in [2.75, 3.05) is 5.32 Å². The Morgan fingerprint density at radius 3 is 2.83 bits per heavy atom. The van der Waals surface area contributed by atoms with Crippen molar-refractivity contribution in [1.82, 2.24) is 4.98 Å². The molecule has 1 amide bonds. The molecule has 0 spiro atoms. The number of rotatable bonds is 4. The fourth-order valence-corrected chi connectivity index (χ4v) is 1.31. The first kappa shape index (κ1) is 12.0. The Morgan fingerprint density at radius 2 is 2.11 bits per heavy atom. The van der Waals surface area contributed by atoms with Gasteiger partial charge in [0.2, 0.25) is 12.3 Å². The summed E-state index contributed by atoms with van der Waals surface area (Å²) in [6, 6.07) is 6.03. The maximum absolute atomic E-state index is 13.4. The monoisotopic (exact) mass is 250 g/mol. The van der Waals surface area contributed by atoms with Gasteiger partial charge in [-0.2, -0.15) is 0 Å². The van der Waals surface area contributed by atoms with E-state index in [4.69, 9.17) is 4.74 Å². The number of halogens is 2. The molecule has 0 saturated heterocycles. The minimum atomic E-state index is -0.849. The standard InChI is InChI=1S/C12H8F2N2O2/c13-8-3-4-11(9(14)6-8)18-12-10(16-7-17)2-1-5-15-12/h1-7H,(H,16,17). The van der Waals surface area contributed by atoms with E-state index >= 15 is 0 Å². The van der Waals surface area contributed by atoms with Crippen molar-refractivity contribution < 1.29 is 18.3 Å². The van der Waals surface area contributed by atoms with Crippen molar-refractivity contribution in [2.24, 2.45) is 0 Å². The first-order valence-electron chi connectivity index (χ1n) is 4.99. The second kappa shape index (κ2) is 5.22. The Morgan fingerprint density at radius 1 is 1.28 bits per heavy atom. The first-order chi connectivity index (χ1) is 8.70. The molecule has 1 aromatic heterocycles. The highest BCUT2D eigenvalue weighted by atomic mass is 19.1. The highest BCUT2D eigenvalue weighted by Crippen LogP contribution is 2.28. The minimum absolute atomic E-state index is 0.0232. The summed E-state index contributed by atoms with van der Waals surface area (Å²) in [5.41, 5.74) is 0.288. The van der Waals surface area contributed by atoms with Crippen LogP contribution in [0.15, 0.2) is 36.5 Å². The third kappa shape index (κ3) is 2.60. The van der Waals surface area contributed by atoms with E-state index in [1.807, 2.05) is 0 Å². The molecule has 0 bridgehead atoms. The molecule has 2 rings (SSSR count). The van der Waals surface area contributed by atoms with Crippen LogP contribution in [0, 0.1) is 11.6 Å². The van der Waals surface area contributed by atoms with Gasteiger partial charge in [-0.3, -0.25) is 4.79 Å². The van der Waals surface area contributed by atoms with Gasteiger partial charge >= 0.3 is 0 Å².